The van der Waals surface area contributed by atoms with Crippen LogP contribution in [0.25, 0.3) is 0 Å². The Morgan fingerprint density at radius 3 is 2.40 bits per heavy atom. The highest BCUT2D eigenvalue weighted by Crippen LogP contribution is 2.20. The van der Waals surface area contributed by atoms with Crippen LogP contribution >= 0.6 is 0 Å². The van der Waals surface area contributed by atoms with Crippen LogP contribution in [-0.2, 0) is 4.79 Å². The Labute approximate surface area is 93.2 Å². The van der Waals surface area contributed by atoms with Crippen molar-refractivity contribution >= 4 is 6.41 Å². The number of piperidine rings is 1. The second-order valence-electron chi connectivity index (χ2n) is 5.71. The van der Waals surface area contributed by atoms with Crippen molar-refractivity contribution in [3.05, 3.63) is 0 Å². The Bertz CT molecular complexity index is 190. The summed E-state index contributed by atoms with van der Waals surface area (Å²) < 4.78 is 0. The summed E-state index contributed by atoms with van der Waals surface area (Å²) in [4.78, 5) is 12.8. The number of nitrogens with zero attached hydrogens (tertiary/aromatic N) is 1. The fourth-order valence-corrected chi connectivity index (χ4v) is 1.91. The quantitative estimate of drug-likeness (QED) is 0.718. The van der Waals surface area contributed by atoms with Crippen LogP contribution in [0.3, 0.4) is 0 Å². The highest BCUT2D eigenvalue weighted by atomic mass is 16.1. The Kier molecular flexibility index (Phi) is 4.58. The molecular weight excluding hydrogens is 188 g/mol. The summed E-state index contributed by atoms with van der Waals surface area (Å²) >= 11 is 0. The first-order valence-corrected chi connectivity index (χ1v) is 5.93. The van der Waals surface area contributed by atoms with Gasteiger partial charge in [-0.15, -0.1) is 0 Å². The third kappa shape index (κ3) is 5.17. The van der Waals surface area contributed by atoms with Crippen molar-refractivity contribution in [3.8, 4) is 0 Å². The van der Waals surface area contributed by atoms with Gasteiger partial charge in [0.25, 0.3) is 0 Å². The summed E-state index contributed by atoms with van der Waals surface area (Å²) in [6.45, 7) is 10.3. The molecule has 1 aliphatic rings. The van der Waals surface area contributed by atoms with Crippen LogP contribution in [0.15, 0.2) is 0 Å². The molecule has 1 fully saturated rings. The van der Waals surface area contributed by atoms with E-state index in [0.29, 0.717) is 11.5 Å². The number of likely N-dealkylation sites (tertiary alicyclic amines) is 1. The molecule has 15 heavy (non-hydrogen) atoms. The first-order valence-electron chi connectivity index (χ1n) is 5.93. The van der Waals surface area contributed by atoms with Crippen molar-refractivity contribution in [1.29, 1.82) is 0 Å². The highest BCUT2D eigenvalue weighted by Gasteiger charge is 2.19. The molecular formula is C12H24N2O. The molecule has 0 unspecified atom stereocenters. The zero-order chi connectivity index (χ0) is 11.3. The molecule has 1 aliphatic heterocycles. The molecule has 1 rings (SSSR count). The maximum atomic E-state index is 10.3. The smallest absolute Gasteiger partial charge is 0.207 e. The van der Waals surface area contributed by atoms with Crippen LogP contribution in [0.5, 0.6) is 0 Å². The largest absolute Gasteiger partial charge is 0.356 e. The van der Waals surface area contributed by atoms with Crippen molar-refractivity contribution in [2.45, 2.75) is 46.1 Å². The van der Waals surface area contributed by atoms with Gasteiger partial charge >= 0.3 is 0 Å². The van der Waals surface area contributed by atoms with Crippen LogP contribution < -0.4 is 5.32 Å². The van der Waals surface area contributed by atoms with Crippen molar-refractivity contribution in [2.75, 3.05) is 19.6 Å². The minimum atomic E-state index is 0.411. The lowest BCUT2D eigenvalue weighted by Gasteiger charge is -2.33. The molecule has 88 valence electrons. The molecule has 0 aromatic heterocycles. The third-order valence-corrected chi connectivity index (χ3v) is 3.07. The van der Waals surface area contributed by atoms with Gasteiger partial charge < -0.3 is 10.2 Å². The number of hydrogen-bond donors (Lipinski definition) is 1. The maximum Gasteiger partial charge on any atom is 0.207 e. The molecule has 1 saturated heterocycles. The lowest BCUT2D eigenvalue weighted by atomic mass is 9.91. The molecule has 0 aromatic rings. The summed E-state index contributed by atoms with van der Waals surface area (Å²) in [5.74, 6) is 0. The summed E-state index contributed by atoms with van der Waals surface area (Å²) in [6.07, 6.45) is 4.28. The van der Waals surface area contributed by atoms with Gasteiger partial charge in [-0.05, 0) is 31.2 Å². The van der Waals surface area contributed by atoms with Crippen molar-refractivity contribution in [3.63, 3.8) is 0 Å². The summed E-state index contributed by atoms with van der Waals surface area (Å²) in [5.41, 5.74) is 0.428. The normalized spacial score (nSPS) is 20.2. The van der Waals surface area contributed by atoms with E-state index in [4.69, 9.17) is 0 Å². The number of nitrogens with one attached hydrogen (secondary N) is 1. The van der Waals surface area contributed by atoms with Gasteiger partial charge in [0.1, 0.15) is 0 Å². The second-order valence-corrected chi connectivity index (χ2v) is 5.71. The summed E-state index contributed by atoms with van der Waals surface area (Å²) in [6, 6.07) is 0.411. The van der Waals surface area contributed by atoms with E-state index >= 15 is 0 Å². The monoisotopic (exact) mass is 212 g/mol. The summed E-state index contributed by atoms with van der Waals surface area (Å²) in [7, 11) is 0. The first-order chi connectivity index (χ1) is 7.01. The van der Waals surface area contributed by atoms with E-state index in [-0.39, 0.29) is 0 Å². The first kappa shape index (κ1) is 12.5. The SMILES string of the molecule is CC(C)(C)CCN1CCC(NC=O)CC1. The molecule has 3 heteroatoms. The van der Waals surface area contributed by atoms with Crippen molar-refractivity contribution in [1.82, 2.24) is 10.2 Å². The zero-order valence-electron chi connectivity index (χ0n) is 10.3. The highest BCUT2D eigenvalue weighted by molar-refractivity contribution is 5.46. The minimum absolute atomic E-state index is 0.411. The number of hydrogen-bond acceptors (Lipinski definition) is 2. The molecule has 1 heterocycles. The third-order valence-electron chi connectivity index (χ3n) is 3.07. The van der Waals surface area contributed by atoms with Gasteiger partial charge in [0.15, 0.2) is 0 Å². The molecule has 0 saturated carbocycles. The topological polar surface area (TPSA) is 32.3 Å². The number of carbonyl (C=O) groups is 1. The van der Waals surface area contributed by atoms with Gasteiger partial charge in [-0.1, -0.05) is 20.8 Å². The van der Waals surface area contributed by atoms with E-state index in [9.17, 15) is 4.79 Å². The fourth-order valence-electron chi connectivity index (χ4n) is 1.91. The van der Waals surface area contributed by atoms with E-state index in [0.717, 1.165) is 32.3 Å². The zero-order valence-corrected chi connectivity index (χ0v) is 10.3. The molecule has 0 spiro atoms. The Morgan fingerprint density at radius 2 is 1.93 bits per heavy atom. The Balaban J connectivity index is 2.17. The number of carbonyl (C=O) groups excluding carboxylic acids is 1. The minimum Gasteiger partial charge on any atom is -0.356 e. The van der Waals surface area contributed by atoms with Crippen LogP contribution in [0, 0.1) is 5.41 Å². The molecule has 0 bridgehead atoms. The molecule has 0 aromatic carbocycles. The van der Waals surface area contributed by atoms with E-state index < -0.39 is 0 Å². The predicted molar refractivity (Wildman–Crippen MR) is 62.7 cm³/mol. The molecule has 0 aliphatic carbocycles. The lowest BCUT2D eigenvalue weighted by Crippen LogP contribution is -2.42. The standard InChI is InChI=1S/C12H24N2O/c1-12(2,3)6-9-14-7-4-11(5-8-14)13-10-15/h10-11H,4-9H2,1-3H3,(H,13,15). The molecule has 0 atom stereocenters. The average Bonchev–Trinajstić information content (AvgIpc) is 2.16. The van der Waals surface area contributed by atoms with Gasteiger partial charge in [-0.2, -0.15) is 0 Å². The van der Waals surface area contributed by atoms with Crippen molar-refractivity contribution in [2.24, 2.45) is 5.41 Å². The molecule has 0 radical (unpaired) electrons. The van der Waals surface area contributed by atoms with E-state index in [2.05, 4.69) is 31.0 Å². The second kappa shape index (κ2) is 5.50. The predicted octanol–water partition coefficient (Wildman–Crippen LogP) is 1.63. The lowest BCUT2D eigenvalue weighted by molar-refractivity contribution is -0.110. The van der Waals surface area contributed by atoms with Crippen LogP contribution in [0.4, 0.5) is 0 Å². The Hall–Kier alpha value is -0.570. The van der Waals surface area contributed by atoms with Gasteiger partial charge in [-0.25, -0.2) is 0 Å². The Morgan fingerprint density at radius 1 is 1.33 bits per heavy atom. The molecule has 1 amide bonds. The number of amides is 1. The van der Waals surface area contributed by atoms with Gasteiger partial charge in [0.05, 0.1) is 0 Å². The summed E-state index contributed by atoms with van der Waals surface area (Å²) in [5, 5.41) is 2.87. The van der Waals surface area contributed by atoms with Gasteiger partial charge in [-0.3, -0.25) is 4.79 Å². The maximum absolute atomic E-state index is 10.3. The fraction of sp³-hybridized carbons (Fsp3) is 0.917. The van der Waals surface area contributed by atoms with Crippen LogP contribution in [0.1, 0.15) is 40.0 Å². The number of rotatable bonds is 4. The van der Waals surface area contributed by atoms with Gasteiger partial charge in [0.2, 0.25) is 6.41 Å². The average molecular weight is 212 g/mol. The van der Waals surface area contributed by atoms with Crippen molar-refractivity contribution < 1.29 is 4.79 Å². The van der Waals surface area contributed by atoms with Gasteiger partial charge in [0, 0.05) is 19.1 Å². The van der Waals surface area contributed by atoms with E-state index in [1.807, 2.05) is 0 Å². The van der Waals surface area contributed by atoms with Crippen LogP contribution in [0.2, 0.25) is 0 Å². The van der Waals surface area contributed by atoms with E-state index in [1.54, 1.807) is 0 Å². The van der Waals surface area contributed by atoms with Crippen LogP contribution in [-0.4, -0.2) is 37.0 Å². The molecule has 3 nitrogen and oxygen atoms in total. The molecule has 1 N–H and O–H groups in total. The van der Waals surface area contributed by atoms with E-state index in [1.165, 1.54) is 13.0 Å².